The maximum absolute atomic E-state index is 6.61. The third-order valence-corrected chi connectivity index (χ3v) is 9.18. The number of aryl methyl sites for hydroxylation is 1. The van der Waals surface area contributed by atoms with Crippen molar-refractivity contribution in [3.8, 4) is 11.3 Å². The summed E-state index contributed by atoms with van der Waals surface area (Å²) in [6.45, 7) is 4.47. The van der Waals surface area contributed by atoms with Crippen LogP contribution in [0.3, 0.4) is 0 Å². The predicted molar refractivity (Wildman–Crippen MR) is 130 cm³/mol. The zero-order chi connectivity index (χ0) is 22.3. The fourth-order valence-corrected chi connectivity index (χ4v) is 7.36. The lowest BCUT2D eigenvalue weighted by molar-refractivity contribution is 0.549. The van der Waals surface area contributed by atoms with E-state index in [1.54, 1.807) is 11.3 Å². The van der Waals surface area contributed by atoms with Gasteiger partial charge in [-0.15, -0.1) is 11.3 Å². The normalized spacial score (nSPS) is 24.2. The highest BCUT2D eigenvalue weighted by atomic mass is 35.5. The van der Waals surface area contributed by atoms with Gasteiger partial charge in [-0.25, -0.2) is 15.0 Å². The Morgan fingerprint density at radius 2 is 2.06 bits per heavy atom. The maximum Gasteiger partial charge on any atom is 0.202 e. The second-order valence-electron chi connectivity index (χ2n) is 8.71. The first-order chi connectivity index (χ1) is 16.1. The number of piperidine rings is 1. The average Bonchev–Trinajstić information content (AvgIpc) is 3.46. The molecule has 3 N–H and O–H groups in total. The molecule has 2 fully saturated rings. The lowest BCUT2D eigenvalue weighted by Gasteiger charge is -2.25. The Kier molecular flexibility index (Phi) is 4.12. The number of rotatable bonds is 4. The Labute approximate surface area is 201 Å². The summed E-state index contributed by atoms with van der Waals surface area (Å²) in [4.78, 5) is 16.5. The number of anilines is 1. The highest BCUT2D eigenvalue weighted by molar-refractivity contribution is 7.09. The van der Waals surface area contributed by atoms with Gasteiger partial charge in [0.05, 0.1) is 28.6 Å². The number of nitrogens with one attached hydrogen (secondary N) is 1. The van der Waals surface area contributed by atoms with Gasteiger partial charge in [0.25, 0.3) is 0 Å². The summed E-state index contributed by atoms with van der Waals surface area (Å²) in [7, 11) is 0. The smallest absolute Gasteiger partial charge is 0.202 e. The zero-order valence-corrected chi connectivity index (χ0v) is 19.9. The molecule has 0 bridgehead atoms. The van der Waals surface area contributed by atoms with E-state index in [0.29, 0.717) is 40.1 Å². The van der Waals surface area contributed by atoms with Crippen molar-refractivity contribution in [3.05, 3.63) is 39.4 Å². The average molecular weight is 496 g/mol. The number of fused-ring (bicyclic) bond motifs is 3. The van der Waals surface area contributed by atoms with Gasteiger partial charge in [0.2, 0.25) is 5.65 Å². The van der Waals surface area contributed by atoms with Crippen molar-refractivity contribution in [2.45, 2.75) is 12.3 Å². The van der Waals surface area contributed by atoms with Gasteiger partial charge in [0, 0.05) is 41.7 Å². The molecule has 5 aromatic rings. The van der Waals surface area contributed by atoms with E-state index in [1.165, 1.54) is 5.01 Å². The zero-order valence-electron chi connectivity index (χ0n) is 17.5. The number of halogens is 1. The van der Waals surface area contributed by atoms with Gasteiger partial charge in [-0.3, -0.25) is 5.10 Å². The Balaban J connectivity index is 1.18. The summed E-state index contributed by atoms with van der Waals surface area (Å²) in [5, 5.41) is 11.3. The third kappa shape index (κ3) is 2.67. The summed E-state index contributed by atoms with van der Waals surface area (Å²) >= 11 is 9.48. The van der Waals surface area contributed by atoms with Crippen LogP contribution in [0.25, 0.3) is 33.5 Å². The van der Waals surface area contributed by atoms with E-state index in [1.807, 2.05) is 25.3 Å². The SMILES string of the molecule is Cc1csc(C2(CN)[C@@H]3CN(c4cnc5c(-c6ccc7nsnc7c6Cl)[nH]nc5n4)C[C@@H]32)n1. The minimum atomic E-state index is 0.0202. The van der Waals surface area contributed by atoms with E-state index >= 15 is 0 Å². The van der Waals surface area contributed by atoms with Crippen LogP contribution in [0.15, 0.2) is 23.7 Å². The second-order valence-corrected chi connectivity index (χ2v) is 10.5. The van der Waals surface area contributed by atoms with Gasteiger partial charge in [0.1, 0.15) is 27.4 Å². The van der Waals surface area contributed by atoms with Crippen LogP contribution in [0, 0.1) is 18.8 Å². The minimum Gasteiger partial charge on any atom is -0.355 e. The summed E-state index contributed by atoms with van der Waals surface area (Å²) in [5.41, 5.74) is 11.6. The molecule has 9 nitrogen and oxygen atoms in total. The van der Waals surface area contributed by atoms with Gasteiger partial charge in [-0.1, -0.05) is 11.6 Å². The topological polar surface area (TPSA) is 122 Å². The molecule has 1 saturated carbocycles. The molecule has 1 unspecified atom stereocenters. The fraction of sp³-hybridized carbons (Fsp3) is 0.333. The van der Waals surface area contributed by atoms with Crippen LogP contribution in [-0.2, 0) is 5.41 Å². The van der Waals surface area contributed by atoms with Gasteiger partial charge in [-0.05, 0) is 30.9 Å². The molecule has 1 aliphatic carbocycles. The fourth-order valence-electron chi connectivity index (χ4n) is 5.34. The molecule has 5 heterocycles. The lowest BCUT2D eigenvalue weighted by atomic mass is 10.0. The molecule has 1 saturated heterocycles. The summed E-state index contributed by atoms with van der Waals surface area (Å²) in [5.74, 6) is 1.83. The molecule has 1 aliphatic heterocycles. The van der Waals surface area contributed by atoms with E-state index in [0.717, 1.165) is 53.1 Å². The first-order valence-electron chi connectivity index (χ1n) is 10.6. The number of H-pyrrole nitrogens is 1. The van der Waals surface area contributed by atoms with E-state index in [9.17, 15) is 0 Å². The number of aromatic nitrogens is 7. The molecule has 166 valence electrons. The van der Waals surface area contributed by atoms with Crippen LogP contribution < -0.4 is 10.6 Å². The number of nitrogens with zero attached hydrogens (tertiary/aromatic N) is 7. The number of benzene rings is 1. The largest absolute Gasteiger partial charge is 0.355 e. The molecular formula is C21H18ClN9S2. The molecule has 3 atom stereocenters. The van der Waals surface area contributed by atoms with Gasteiger partial charge in [0.15, 0.2) is 0 Å². The molecule has 0 spiro atoms. The molecule has 1 aromatic carbocycles. The van der Waals surface area contributed by atoms with Crippen LogP contribution in [0.1, 0.15) is 10.7 Å². The van der Waals surface area contributed by atoms with Crippen molar-refractivity contribution in [1.82, 2.24) is 33.9 Å². The van der Waals surface area contributed by atoms with Crippen molar-refractivity contribution < 1.29 is 0 Å². The Morgan fingerprint density at radius 1 is 1.21 bits per heavy atom. The number of nitrogens with two attached hydrogens (primary N) is 1. The highest BCUT2D eigenvalue weighted by Crippen LogP contribution is 2.63. The summed E-state index contributed by atoms with van der Waals surface area (Å²) < 4.78 is 8.54. The van der Waals surface area contributed by atoms with Crippen molar-refractivity contribution in [2.24, 2.45) is 17.6 Å². The Bertz CT molecular complexity index is 1530. The summed E-state index contributed by atoms with van der Waals surface area (Å²) in [6.07, 6.45) is 1.82. The third-order valence-electron chi connectivity index (χ3n) is 7.10. The van der Waals surface area contributed by atoms with E-state index in [-0.39, 0.29) is 5.41 Å². The van der Waals surface area contributed by atoms with Crippen LogP contribution in [0.5, 0.6) is 0 Å². The van der Waals surface area contributed by atoms with Crippen LogP contribution >= 0.6 is 34.7 Å². The van der Waals surface area contributed by atoms with Gasteiger partial charge >= 0.3 is 0 Å². The van der Waals surface area contributed by atoms with Crippen molar-refractivity contribution in [1.29, 1.82) is 0 Å². The summed E-state index contributed by atoms with van der Waals surface area (Å²) in [6, 6.07) is 3.81. The number of thiazole rings is 1. The Morgan fingerprint density at radius 3 is 2.82 bits per heavy atom. The molecule has 0 radical (unpaired) electrons. The standard InChI is InChI=1S/C21H18ClN9S2/c1-9-7-32-20(25-9)21(8-23)11-5-31(6-12(11)21)14-4-24-18-16(27-28-19(18)26-14)10-2-3-13-17(15(10)22)30-33-29-13/h2-4,7,11-12H,5-6,8,23H2,1H3,(H,26,27,28)/t11-,12+,21?. The van der Waals surface area contributed by atoms with Crippen LogP contribution in [0.4, 0.5) is 5.82 Å². The molecule has 12 heteroatoms. The monoisotopic (exact) mass is 495 g/mol. The highest BCUT2D eigenvalue weighted by Gasteiger charge is 2.69. The van der Waals surface area contributed by atoms with E-state index < -0.39 is 0 Å². The van der Waals surface area contributed by atoms with Gasteiger partial charge in [-0.2, -0.15) is 13.8 Å². The first-order valence-corrected chi connectivity index (χ1v) is 12.6. The van der Waals surface area contributed by atoms with Crippen molar-refractivity contribution in [3.63, 3.8) is 0 Å². The molecular weight excluding hydrogens is 478 g/mol. The number of hydrogen-bond donors (Lipinski definition) is 2. The van der Waals surface area contributed by atoms with Gasteiger partial charge < -0.3 is 10.6 Å². The quantitative estimate of drug-likeness (QED) is 0.389. The minimum absolute atomic E-state index is 0.0202. The molecule has 4 aromatic heterocycles. The number of aromatic amines is 1. The first kappa shape index (κ1) is 19.7. The Hall–Kier alpha value is -2.73. The second kappa shape index (κ2) is 6.89. The maximum atomic E-state index is 6.61. The molecule has 2 aliphatic rings. The van der Waals surface area contributed by atoms with E-state index in [4.69, 9.17) is 32.3 Å². The lowest BCUT2D eigenvalue weighted by Crippen LogP contribution is -2.35. The molecule has 0 amide bonds. The van der Waals surface area contributed by atoms with Crippen molar-refractivity contribution >= 4 is 62.7 Å². The van der Waals surface area contributed by atoms with Crippen molar-refractivity contribution in [2.75, 3.05) is 24.5 Å². The molecule has 33 heavy (non-hydrogen) atoms. The van der Waals surface area contributed by atoms with Crippen LogP contribution in [-0.4, -0.2) is 53.5 Å². The van der Waals surface area contributed by atoms with Crippen LogP contribution in [0.2, 0.25) is 5.02 Å². The van der Waals surface area contributed by atoms with E-state index in [2.05, 4.69) is 29.2 Å². The molecule has 7 rings (SSSR count). The number of hydrogen-bond acceptors (Lipinski definition) is 10. The predicted octanol–water partition coefficient (Wildman–Crippen LogP) is 3.41.